The minimum atomic E-state index is 0.280. The Morgan fingerprint density at radius 2 is 2.16 bits per heavy atom. The molecule has 0 bridgehead atoms. The maximum Gasteiger partial charge on any atom is 0.140 e. The van der Waals surface area contributed by atoms with Gasteiger partial charge in [0.2, 0.25) is 0 Å². The molecule has 0 aliphatic rings. The first-order chi connectivity index (χ1) is 9.24. The highest BCUT2D eigenvalue weighted by Gasteiger charge is 2.04. The summed E-state index contributed by atoms with van der Waals surface area (Å²) in [4.78, 5) is 4.55. The van der Waals surface area contributed by atoms with E-state index < -0.39 is 0 Å². The number of hydrogen-bond donors (Lipinski definition) is 1. The van der Waals surface area contributed by atoms with Gasteiger partial charge in [0.15, 0.2) is 0 Å². The van der Waals surface area contributed by atoms with Gasteiger partial charge in [0, 0.05) is 24.9 Å². The summed E-state index contributed by atoms with van der Waals surface area (Å²) in [6.07, 6.45) is 4.60. The van der Waals surface area contributed by atoms with Crippen molar-refractivity contribution >= 4 is 5.65 Å². The molecule has 0 saturated heterocycles. The Morgan fingerprint density at radius 1 is 1.26 bits per heavy atom. The molecule has 4 nitrogen and oxygen atoms in total. The summed E-state index contributed by atoms with van der Waals surface area (Å²) in [6, 6.07) is 11.0. The van der Waals surface area contributed by atoms with E-state index in [9.17, 15) is 5.11 Å². The average Bonchev–Trinajstić information content (AvgIpc) is 2.79. The summed E-state index contributed by atoms with van der Waals surface area (Å²) >= 11 is 0. The van der Waals surface area contributed by atoms with Gasteiger partial charge in [0.1, 0.15) is 17.1 Å². The van der Waals surface area contributed by atoms with Crippen LogP contribution in [0.25, 0.3) is 5.65 Å². The fraction of sp³-hybridized carbons (Fsp3) is 0.133. The summed E-state index contributed by atoms with van der Waals surface area (Å²) in [7, 11) is 1.64. The molecule has 3 rings (SSSR count). The number of aromatic nitrogens is 2. The number of fused-ring (bicyclic) bond motifs is 1. The van der Waals surface area contributed by atoms with Crippen LogP contribution in [0.5, 0.6) is 11.5 Å². The first-order valence-corrected chi connectivity index (χ1v) is 6.04. The molecule has 0 amide bonds. The summed E-state index contributed by atoms with van der Waals surface area (Å²) in [6.45, 7) is 0. The van der Waals surface area contributed by atoms with Crippen molar-refractivity contribution in [3.63, 3.8) is 0 Å². The Morgan fingerprint density at radius 3 is 2.95 bits per heavy atom. The normalized spacial score (nSPS) is 10.8. The molecular weight excluding hydrogens is 240 g/mol. The highest BCUT2D eigenvalue weighted by molar-refractivity contribution is 5.46. The number of nitrogens with zero attached hydrogens (tertiary/aromatic N) is 2. The molecule has 19 heavy (non-hydrogen) atoms. The van der Waals surface area contributed by atoms with Gasteiger partial charge in [-0.05, 0) is 23.8 Å². The summed E-state index contributed by atoms with van der Waals surface area (Å²) in [5.74, 6) is 1.07. The zero-order valence-corrected chi connectivity index (χ0v) is 10.6. The van der Waals surface area contributed by atoms with Crippen LogP contribution < -0.4 is 4.74 Å². The number of pyridine rings is 1. The van der Waals surface area contributed by atoms with Crippen molar-refractivity contribution < 1.29 is 9.84 Å². The van der Waals surface area contributed by atoms with Gasteiger partial charge in [-0.1, -0.05) is 12.1 Å². The first-order valence-electron chi connectivity index (χ1n) is 6.04. The monoisotopic (exact) mass is 254 g/mol. The van der Waals surface area contributed by atoms with E-state index in [2.05, 4.69) is 4.98 Å². The molecule has 96 valence electrons. The minimum absolute atomic E-state index is 0.280. The van der Waals surface area contributed by atoms with Crippen molar-refractivity contribution in [2.24, 2.45) is 0 Å². The van der Waals surface area contributed by atoms with E-state index in [1.54, 1.807) is 19.2 Å². The van der Waals surface area contributed by atoms with Gasteiger partial charge in [0.05, 0.1) is 12.8 Å². The molecular formula is C15H14N2O2. The van der Waals surface area contributed by atoms with Gasteiger partial charge in [0.25, 0.3) is 0 Å². The molecule has 1 aromatic carbocycles. The fourth-order valence-corrected chi connectivity index (χ4v) is 2.10. The lowest BCUT2D eigenvalue weighted by Gasteiger charge is -1.98. The van der Waals surface area contributed by atoms with Gasteiger partial charge in [-0.15, -0.1) is 0 Å². The van der Waals surface area contributed by atoms with Crippen LogP contribution in [0.2, 0.25) is 0 Å². The Hall–Kier alpha value is -2.49. The van der Waals surface area contributed by atoms with Gasteiger partial charge >= 0.3 is 0 Å². The van der Waals surface area contributed by atoms with Crippen LogP contribution in [0.3, 0.4) is 0 Å². The van der Waals surface area contributed by atoms with Crippen molar-refractivity contribution in [1.29, 1.82) is 0 Å². The van der Waals surface area contributed by atoms with Crippen LogP contribution in [0, 0.1) is 0 Å². The molecule has 1 N–H and O–H groups in total. The molecule has 0 aliphatic carbocycles. The lowest BCUT2D eigenvalue weighted by Crippen LogP contribution is -1.87. The van der Waals surface area contributed by atoms with Gasteiger partial charge < -0.3 is 14.2 Å². The average molecular weight is 254 g/mol. The van der Waals surface area contributed by atoms with Crippen LogP contribution in [-0.4, -0.2) is 21.6 Å². The molecule has 0 fully saturated rings. The Kier molecular flexibility index (Phi) is 2.83. The van der Waals surface area contributed by atoms with Crippen LogP contribution >= 0.6 is 0 Å². The lowest BCUT2D eigenvalue weighted by molar-refractivity contribution is 0.414. The smallest absolute Gasteiger partial charge is 0.140 e. The van der Waals surface area contributed by atoms with E-state index in [1.165, 1.54) is 0 Å². The third-order valence-electron chi connectivity index (χ3n) is 3.01. The number of hydrogen-bond acceptors (Lipinski definition) is 3. The van der Waals surface area contributed by atoms with Gasteiger partial charge in [-0.2, -0.15) is 0 Å². The largest absolute Gasteiger partial charge is 0.508 e. The molecule has 2 heterocycles. The van der Waals surface area contributed by atoms with E-state index in [4.69, 9.17) is 4.74 Å². The van der Waals surface area contributed by atoms with E-state index in [0.29, 0.717) is 6.42 Å². The first kappa shape index (κ1) is 11.6. The molecule has 2 aromatic heterocycles. The van der Waals surface area contributed by atoms with Crippen molar-refractivity contribution in [2.45, 2.75) is 6.42 Å². The van der Waals surface area contributed by atoms with Crippen LogP contribution in [0.1, 0.15) is 11.3 Å². The maximum absolute atomic E-state index is 9.46. The summed E-state index contributed by atoms with van der Waals surface area (Å²) < 4.78 is 7.14. The third kappa shape index (κ3) is 2.38. The Balaban J connectivity index is 1.93. The third-order valence-corrected chi connectivity index (χ3v) is 3.01. The van der Waals surface area contributed by atoms with E-state index in [-0.39, 0.29) is 5.75 Å². The number of methoxy groups -OCH3 is 1. The van der Waals surface area contributed by atoms with Gasteiger partial charge in [-0.25, -0.2) is 4.98 Å². The summed E-state index contributed by atoms with van der Waals surface area (Å²) in [5, 5.41) is 9.46. The number of ether oxygens (including phenoxy) is 1. The SMILES string of the molecule is COc1ccn2cc(Cc3cccc(O)c3)nc2c1. The number of aromatic hydroxyl groups is 1. The van der Waals surface area contributed by atoms with E-state index in [0.717, 1.165) is 22.7 Å². The van der Waals surface area contributed by atoms with Crippen molar-refractivity contribution in [3.8, 4) is 11.5 Å². The highest BCUT2D eigenvalue weighted by atomic mass is 16.5. The van der Waals surface area contributed by atoms with Crippen LogP contribution in [0.15, 0.2) is 48.8 Å². The van der Waals surface area contributed by atoms with Crippen LogP contribution in [0.4, 0.5) is 0 Å². The number of phenols is 1. The molecule has 0 atom stereocenters. The predicted octanol–water partition coefficient (Wildman–Crippen LogP) is 2.64. The Labute approximate surface area is 110 Å². The topological polar surface area (TPSA) is 46.8 Å². The molecule has 0 saturated carbocycles. The van der Waals surface area contributed by atoms with Crippen molar-refractivity contribution in [1.82, 2.24) is 9.38 Å². The lowest BCUT2D eigenvalue weighted by atomic mass is 10.1. The van der Waals surface area contributed by atoms with E-state index >= 15 is 0 Å². The maximum atomic E-state index is 9.46. The molecule has 0 radical (unpaired) electrons. The highest BCUT2D eigenvalue weighted by Crippen LogP contribution is 2.17. The van der Waals surface area contributed by atoms with Crippen molar-refractivity contribution in [3.05, 3.63) is 60.0 Å². The quantitative estimate of drug-likeness (QED) is 0.781. The minimum Gasteiger partial charge on any atom is -0.508 e. The van der Waals surface area contributed by atoms with E-state index in [1.807, 2.05) is 41.1 Å². The Bertz CT molecular complexity index is 719. The predicted molar refractivity (Wildman–Crippen MR) is 72.7 cm³/mol. The number of phenolic OH excluding ortho intramolecular Hbond substituents is 1. The fourth-order valence-electron chi connectivity index (χ4n) is 2.10. The molecule has 4 heteroatoms. The molecule has 0 aliphatic heterocycles. The van der Waals surface area contributed by atoms with Gasteiger partial charge in [-0.3, -0.25) is 0 Å². The second-order valence-electron chi connectivity index (χ2n) is 4.41. The number of rotatable bonds is 3. The second-order valence-corrected chi connectivity index (χ2v) is 4.41. The number of imidazole rings is 1. The molecule has 0 unspecified atom stereocenters. The molecule has 0 spiro atoms. The standard InChI is InChI=1S/C15H14N2O2/c1-19-14-5-6-17-10-12(16-15(17)9-14)7-11-3-2-4-13(18)8-11/h2-6,8-10,18H,7H2,1H3. The summed E-state index contributed by atoms with van der Waals surface area (Å²) in [5.41, 5.74) is 2.85. The zero-order valence-electron chi connectivity index (χ0n) is 10.6. The van der Waals surface area contributed by atoms with Crippen molar-refractivity contribution in [2.75, 3.05) is 7.11 Å². The zero-order chi connectivity index (χ0) is 13.2. The molecule has 3 aromatic rings. The van der Waals surface area contributed by atoms with Crippen LogP contribution in [-0.2, 0) is 6.42 Å². The number of benzene rings is 1. The second kappa shape index (κ2) is 4.65.